The van der Waals surface area contributed by atoms with Crippen molar-refractivity contribution in [3.05, 3.63) is 12.4 Å². The summed E-state index contributed by atoms with van der Waals surface area (Å²) in [6.45, 7) is 3.22. The van der Waals surface area contributed by atoms with Gasteiger partial charge in [-0.15, -0.1) is 0 Å². The topological polar surface area (TPSA) is 78.5 Å². The van der Waals surface area contributed by atoms with E-state index in [0.717, 1.165) is 18.7 Å². The van der Waals surface area contributed by atoms with E-state index in [1.54, 1.807) is 6.20 Å². The van der Waals surface area contributed by atoms with E-state index < -0.39 is 5.97 Å². The second kappa shape index (κ2) is 16.6. The fourth-order valence-electron chi connectivity index (χ4n) is 4.28. The number of hydrogen-bond acceptors (Lipinski definition) is 4. The lowest BCUT2D eigenvalue weighted by Gasteiger charge is -2.32. The van der Waals surface area contributed by atoms with Crippen molar-refractivity contribution >= 4 is 11.8 Å². The molecule has 1 aliphatic rings. The highest BCUT2D eigenvalue weighted by atomic mass is 16.4. The zero-order chi connectivity index (χ0) is 21.2. The predicted molar refractivity (Wildman–Crippen MR) is 120 cm³/mol. The molecule has 0 fully saturated rings. The molecule has 0 spiro atoms. The molecule has 5 nitrogen and oxygen atoms in total. The monoisotopic (exact) mass is 407 g/mol. The summed E-state index contributed by atoms with van der Waals surface area (Å²) in [6.07, 6.45) is 24.6. The van der Waals surface area contributed by atoms with Crippen molar-refractivity contribution in [2.24, 2.45) is 10.7 Å². The van der Waals surface area contributed by atoms with E-state index in [9.17, 15) is 9.90 Å². The lowest BCUT2D eigenvalue weighted by molar-refractivity contribution is -0.780. The molecule has 29 heavy (non-hydrogen) atoms. The number of carbonyl (C=O) groups excluding carboxylic acids is 1. The fraction of sp³-hybridized carbons (Fsp3) is 0.833. The quantitative estimate of drug-likeness (QED) is 0.235. The first-order chi connectivity index (χ1) is 14.1. The van der Waals surface area contributed by atoms with Crippen molar-refractivity contribution < 1.29 is 14.4 Å². The molecule has 1 atom stereocenters. The van der Waals surface area contributed by atoms with Crippen molar-refractivity contribution in [2.45, 2.75) is 110 Å². The van der Waals surface area contributed by atoms with Gasteiger partial charge >= 0.3 is 0 Å². The van der Waals surface area contributed by atoms with E-state index in [-0.39, 0.29) is 11.0 Å². The van der Waals surface area contributed by atoms with E-state index in [2.05, 4.69) is 11.9 Å². The molecule has 5 heteroatoms. The Morgan fingerprint density at radius 3 is 1.83 bits per heavy atom. The minimum Gasteiger partial charge on any atom is -0.544 e. The van der Waals surface area contributed by atoms with Crippen LogP contribution in [0.3, 0.4) is 0 Å². The van der Waals surface area contributed by atoms with E-state index in [1.807, 2.05) is 6.20 Å². The van der Waals surface area contributed by atoms with Gasteiger partial charge < -0.3 is 15.6 Å². The number of nitrogens with zero attached hydrogens (tertiary/aromatic N) is 2. The van der Waals surface area contributed by atoms with Crippen LogP contribution in [0.1, 0.15) is 110 Å². The van der Waals surface area contributed by atoms with Gasteiger partial charge in [0.1, 0.15) is 19.3 Å². The predicted octanol–water partition coefficient (Wildman–Crippen LogP) is 4.66. The number of aliphatic imine (C=N–C) groups is 1. The third-order valence-corrected chi connectivity index (χ3v) is 6.03. The maximum atomic E-state index is 11.1. The van der Waals surface area contributed by atoms with Gasteiger partial charge in [-0.2, -0.15) is 0 Å². The summed E-state index contributed by atoms with van der Waals surface area (Å²) in [5.74, 6) is -0.122. The number of carbonyl (C=O) groups is 1. The Hall–Kier alpha value is -1.20. The third-order valence-electron chi connectivity index (χ3n) is 6.03. The smallest absolute Gasteiger partial charge is 0.207 e. The van der Waals surface area contributed by atoms with Gasteiger partial charge in [0.15, 0.2) is 0 Å². The van der Waals surface area contributed by atoms with Crippen LogP contribution in [-0.2, 0) is 4.79 Å². The van der Waals surface area contributed by atoms with Crippen molar-refractivity contribution in [1.82, 2.24) is 0 Å². The van der Waals surface area contributed by atoms with Gasteiger partial charge in [0, 0.05) is 13.0 Å². The molecular formula is C24H45N3O2. The Kier molecular flexibility index (Phi) is 14.8. The average molecular weight is 408 g/mol. The van der Waals surface area contributed by atoms with Gasteiger partial charge in [-0.05, 0) is 6.42 Å². The summed E-state index contributed by atoms with van der Waals surface area (Å²) >= 11 is 0. The van der Waals surface area contributed by atoms with E-state index in [0.29, 0.717) is 13.1 Å². The van der Waals surface area contributed by atoms with E-state index in [1.165, 1.54) is 89.9 Å². The first-order valence-corrected chi connectivity index (χ1v) is 12.2. The number of amidine groups is 1. The number of nitrogens with two attached hydrogens (primary N) is 1. The maximum Gasteiger partial charge on any atom is 0.207 e. The van der Waals surface area contributed by atoms with Crippen LogP contribution in [0.5, 0.6) is 0 Å². The van der Waals surface area contributed by atoms with Crippen LogP contribution in [0.4, 0.5) is 0 Å². The van der Waals surface area contributed by atoms with Crippen LogP contribution in [0, 0.1) is 0 Å². The van der Waals surface area contributed by atoms with Crippen LogP contribution in [0.15, 0.2) is 17.4 Å². The molecule has 1 heterocycles. The second-order valence-corrected chi connectivity index (χ2v) is 8.62. The summed E-state index contributed by atoms with van der Waals surface area (Å²) in [5.41, 5.74) is 5.70. The molecule has 0 bridgehead atoms. The molecule has 0 aromatic rings. The summed E-state index contributed by atoms with van der Waals surface area (Å²) < 4.78 is 0.247. The van der Waals surface area contributed by atoms with Crippen molar-refractivity contribution in [3.8, 4) is 0 Å². The van der Waals surface area contributed by atoms with Gasteiger partial charge in [-0.1, -0.05) is 96.8 Å². The lowest BCUT2D eigenvalue weighted by Crippen LogP contribution is -2.55. The first-order valence-electron chi connectivity index (χ1n) is 12.2. The summed E-state index contributed by atoms with van der Waals surface area (Å²) in [4.78, 5) is 15.6. The molecule has 0 saturated carbocycles. The Morgan fingerprint density at radius 1 is 0.897 bits per heavy atom. The molecule has 0 amide bonds. The van der Waals surface area contributed by atoms with Gasteiger partial charge in [0.2, 0.25) is 5.84 Å². The molecular weight excluding hydrogens is 362 g/mol. The van der Waals surface area contributed by atoms with Gasteiger partial charge in [-0.25, -0.2) is 9.48 Å². The van der Waals surface area contributed by atoms with E-state index >= 15 is 0 Å². The normalized spacial score (nSPS) is 18.3. The zero-order valence-electron chi connectivity index (χ0n) is 18.9. The zero-order valence-corrected chi connectivity index (χ0v) is 18.9. The lowest BCUT2D eigenvalue weighted by atomic mass is 10.0. The molecule has 0 aromatic carbocycles. The Labute approximate surface area is 179 Å². The van der Waals surface area contributed by atoms with Crippen LogP contribution < -0.4 is 10.8 Å². The highest BCUT2D eigenvalue weighted by molar-refractivity contribution is 5.80. The van der Waals surface area contributed by atoms with E-state index in [4.69, 9.17) is 5.73 Å². The molecule has 0 aliphatic carbocycles. The SMILES string of the molecule is CCCCCCCCCCCCCCCCCC1=NC=C[N+]1(CCN)CC(=O)[O-]. The molecule has 2 N–H and O–H groups in total. The fourth-order valence-corrected chi connectivity index (χ4v) is 4.28. The number of unbranched alkanes of at least 4 members (excludes halogenated alkanes) is 14. The molecule has 1 aliphatic heterocycles. The van der Waals surface area contributed by atoms with Crippen molar-refractivity contribution in [1.29, 1.82) is 0 Å². The van der Waals surface area contributed by atoms with Crippen molar-refractivity contribution in [2.75, 3.05) is 19.6 Å². The second-order valence-electron chi connectivity index (χ2n) is 8.62. The minimum absolute atomic E-state index is 0.0642. The van der Waals surface area contributed by atoms with Gasteiger partial charge in [-0.3, -0.25) is 0 Å². The number of carboxylic acids is 1. The molecule has 168 valence electrons. The molecule has 1 rings (SSSR count). The van der Waals surface area contributed by atoms with Crippen LogP contribution in [0.2, 0.25) is 0 Å². The third kappa shape index (κ3) is 11.5. The number of quaternary nitrogens is 1. The summed E-state index contributed by atoms with van der Waals surface area (Å²) in [5, 5.41) is 11.1. The van der Waals surface area contributed by atoms with Crippen LogP contribution >= 0.6 is 0 Å². The molecule has 1 unspecified atom stereocenters. The largest absolute Gasteiger partial charge is 0.544 e. The number of rotatable bonds is 20. The summed E-state index contributed by atoms with van der Waals surface area (Å²) in [7, 11) is 0. The highest BCUT2D eigenvalue weighted by Crippen LogP contribution is 2.21. The number of hydrogen-bond donors (Lipinski definition) is 1. The van der Waals surface area contributed by atoms with Crippen LogP contribution in [0.25, 0.3) is 0 Å². The molecule has 0 saturated heterocycles. The standard InChI is InChI=1S/C24H45N3O2/c1-2-3-4-5-6-7-8-9-10-11-12-13-14-15-16-17-23-26-19-21-27(23,20-18-25)22-24(28)29/h19,21H,2-18,20,22,25H2,1H3. The minimum atomic E-state index is -1.05. The Balaban J connectivity index is 1.98. The number of carboxylic acid groups (broad SMARTS) is 1. The number of aliphatic carboxylic acids is 1. The van der Waals surface area contributed by atoms with Crippen molar-refractivity contribution in [3.63, 3.8) is 0 Å². The summed E-state index contributed by atoms with van der Waals surface area (Å²) in [6, 6.07) is 0. The first kappa shape index (κ1) is 25.8. The van der Waals surface area contributed by atoms with Crippen LogP contribution in [-0.4, -0.2) is 35.9 Å². The average Bonchev–Trinajstić information content (AvgIpc) is 3.06. The molecule has 0 aromatic heterocycles. The Bertz CT molecular complexity index is 491. The Morgan fingerprint density at radius 2 is 1.38 bits per heavy atom. The maximum absolute atomic E-state index is 11.1. The van der Waals surface area contributed by atoms with Gasteiger partial charge in [0.25, 0.3) is 0 Å². The van der Waals surface area contributed by atoms with Gasteiger partial charge in [0.05, 0.1) is 12.2 Å². The molecule has 0 radical (unpaired) electrons. The highest BCUT2D eigenvalue weighted by Gasteiger charge is 2.34.